The largest absolute Gasteiger partial charge is 0.396 e. The Labute approximate surface area is 105 Å². The van der Waals surface area contributed by atoms with Crippen LogP contribution in [-0.2, 0) is 13.6 Å². The molecule has 1 heterocycles. The van der Waals surface area contributed by atoms with Crippen molar-refractivity contribution in [2.24, 2.45) is 7.05 Å². The topological polar surface area (TPSA) is 50.1 Å². The zero-order chi connectivity index (χ0) is 12.1. The van der Waals surface area contributed by atoms with E-state index in [0.717, 1.165) is 35.2 Å². The Bertz CT molecular complexity index is 338. The maximum absolute atomic E-state index is 8.74. The van der Waals surface area contributed by atoms with Gasteiger partial charge in [0.2, 0.25) is 0 Å². The highest BCUT2D eigenvalue weighted by Crippen LogP contribution is 2.20. The minimum absolute atomic E-state index is 0.264. The minimum atomic E-state index is 0.264. The number of hydrogen-bond acceptors (Lipinski definition) is 3. The monoisotopic (exact) mass is 289 g/mol. The second-order valence-corrected chi connectivity index (χ2v) is 4.91. The second-order valence-electron chi connectivity index (χ2n) is 4.12. The lowest BCUT2D eigenvalue weighted by Crippen LogP contribution is -2.26. The van der Waals surface area contributed by atoms with Gasteiger partial charge in [-0.25, -0.2) is 0 Å². The van der Waals surface area contributed by atoms with Gasteiger partial charge in [-0.2, -0.15) is 5.10 Å². The zero-order valence-electron chi connectivity index (χ0n) is 10.1. The number of rotatable bonds is 6. The van der Waals surface area contributed by atoms with Crippen molar-refractivity contribution < 1.29 is 5.11 Å². The van der Waals surface area contributed by atoms with Crippen LogP contribution in [0.2, 0.25) is 0 Å². The molecule has 0 saturated heterocycles. The summed E-state index contributed by atoms with van der Waals surface area (Å²) in [6, 6.07) is 0.411. The SMILES string of the molecule is Cc1nn(C)c(CNC(C)CCCO)c1Br. The van der Waals surface area contributed by atoms with Crippen molar-refractivity contribution in [1.82, 2.24) is 15.1 Å². The Morgan fingerprint density at radius 1 is 1.56 bits per heavy atom. The third-order valence-corrected chi connectivity index (χ3v) is 3.71. The normalized spacial score (nSPS) is 13.1. The molecule has 1 aromatic heterocycles. The van der Waals surface area contributed by atoms with Crippen LogP contribution in [0.1, 0.15) is 31.2 Å². The summed E-state index contributed by atoms with van der Waals surface area (Å²) in [6.45, 7) is 5.18. The lowest BCUT2D eigenvalue weighted by atomic mass is 10.2. The molecular formula is C11H20BrN3O. The maximum Gasteiger partial charge on any atom is 0.0739 e. The van der Waals surface area contributed by atoms with E-state index in [4.69, 9.17) is 5.11 Å². The van der Waals surface area contributed by atoms with Crippen LogP contribution in [0.3, 0.4) is 0 Å². The van der Waals surface area contributed by atoms with Gasteiger partial charge in [0.15, 0.2) is 0 Å². The summed E-state index contributed by atoms with van der Waals surface area (Å²) in [6.07, 6.45) is 1.84. The summed E-state index contributed by atoms with van der Waals surface area (Å²) in [5, 5.41) is 16.5. The molecule has 1 rings (SSSR count). The first kappa shape index (κ1) is 13.7. The van der Waals surface area contributed by atoms with Crippen molar-refractivity contribution in [1.29, 1.82) is 0 Å². The fourth-order valence-corrected chi connectivity index (χ4v) is 2.12. The number of aliphatic hydroxyl groups is 1. The Balaban J connectivity index is 2.48. The summed E-state index contributed by atoms with van der Waals surface area (Å²) in [7, 11) is 1.95. The third-order valence-electron chi connectivity index (χ3n) is 2.67. The van der Waals surface area contributed by atoms with Crippen molar-refractivity contribution >= 4 is 15.9 Å². The van der Waals surface area contributed by atoms with Gasteiger partial charge in [0.05, 0.1) is 15.9 Å². The Kier molecular flexibility index (Phi) is 5.44. The fraction of sp³-hybridized carbons (Fsp3) is 0.727. The first-order valence-electron chi connectivity index (χ1n) is 5.58. The van der Waals surface area contributed by atoms with E-state index in [9.17, 15) is 0 Å². The number of aromatic nitrogens is 2. The van der Waals surface area contributed by atoms with Gasteiger partial charge >= 0.3 is 0 Å². The smallest absolute Gasteiger partial charge is 0.0739 e. The van der Waals surface area contributed by atoms with Gasteiger partial charge < -0.3 is 10.4 Å². The summed E-state index contributed by atoms with van der Waals surface area (Å²) in [5.74, 6) is 0. The molecule has 0 spiro atoms. The van der Waals surface area contributed by atoms with E-state index in [1.807, 2.05) is 18.7 Å². The van der Waals surface area contributed by atoms with E-state index in [-0.39, 0.29) is 6.61 Å². The molecule has 1 atom stereocenters. The number of aliphatic hydroxyl groups excluding tert-OH is 1. The molecule has 0 fully saturated rings. The molecule has 1 unspecified atom stereocenters. The zero-order valence-corrected chi connectivity index (χ0v) is 11.7. The molecule has 16 heavy (non-hydrogen) atoms. The fourth-order valence-electron chi connectivity index (χ4n) is 1.64. The van der Waals surface area contributed by atoms with E-state index in [1.165, 1.54) is 0 Å². The molecule has 4 nitrogen and oxygen atoms in total. The van der Waals surface area contributed by atoms with Crippen molar-refractivity contribution in [3.8, 4) is 0 Å². The average Bonchev–Trinajstić information content (AvgIpc) is 2.48. The summed E-state index contributed by atoms with van der Waals surface area (Å²) in [4.78, 5) is 0. The van der Waals surface area contributed by atoms with Crippen LogP contribution in [0.4, 0.5) is 0 Å². The summed E-state index contributed by atoms with van der Waals surface area (Å²) in [5.41, 5.74) is 2.18. The molecule has 0 aliphatic carbocycles. The predicted molar refractivity (Wildman–Crippen MR) is 68.3 cm³/mol. The average molecular weight is 290 g/mol. The van der Waals surface area contributed by atoms with Gasteiger partial charge in [-0.1, -0.05) is 0 Å². The molecule has 92 valence electrons. The minimum Gasteiger partial charge on any atom is -0.396 e. The molecule has 0 amide bonds. The summed E-state index contributed by atoms with van der Waals surface area (Å²) >= 11 is 3.54. The number of nitrogens with zero attached hydrogens (tertiary/aromatic N) is 2. The molecule has 0 bridgehead atoms. The van der Waals surface area contributed by atoms with Crippen LogP contribution in [0, 0.1) is 6.92 Å². The van der Waals surface area contributed by atoms with Gasteiger partial charge in [-0.3, -0.25) is 4.68 Å². The first-order chi connectivity index (χ1) is 7.56. The Morgan fingerprint density at radius 2 is 2.25 bits per heavy atom. The van der Waals surface area contributed by atoms with Crippen molar-refractivity contribution in [2.75, 3.05) is 6.61 Å². The molecule has 0 radical (unpaired) electrons. The Morgan fingerprint density at radius 3 is 2.75 bits per heavy atom. The van der Waals surface area contributed by atoms with Gasteiger partial charge in [0, 0.05) is 26.2 Å². The number of nitrogens with one attached hydrogen (secondary N) is 1. The number of aryl methyl sites for hydroxylation is 2. The molecule has 0 aliphatic rings. The molecule has 2 N–H and O–H groups in total. The highest BCUT2D eigenvalue weighted by atomic mass is 79.9. The third kappa shape index (κ3) is 3.57. The van der Waals surface area contributed by atoms with Crippen LogP contribution in [-0.4, -0.2) is 27.5 Å². The van der Waals surface area contributed by atoms with Crippen LogP contribution in [0.5, 0.6) is 0 Å². The quantitative estimate of drug-likeness (QED) is 0.839. The van der Waals surface area contributed by atoms with E-state index in [0.29, 0.717) is 6.04 Å². The van der Waals surface area contributed by atoms with Crippen molar-refractivity contribution in [3.05, 3.63) is 15.9 Å². The molecule has 1 aromatic rings. The van der Waals surface area contributed by atoms with E-state index in [1.54, 1.807) is 0 Å². The van der Waals surface area contributed by atoms with E-state index >= 15 is 0 Å². The number of halogens is 1. The highest BCUT2D eigenvalue weighted by Gasteiger charge is 2.11. The Hall–Kier alpha value is -0.390. The molecule has 0 saturated carbocycles. The molecule has 0 aromatic carbocycles. The molecule has 5 heteroatoms. The second kappa shape index (κ2) is 6.37. The number of hydrogen-bond donors (Lipinski definition) is 2. The maximum atomic E-state index is 8.74. The predicted octanol–water partition coefficient (Wildman–Crippen LogP) is 1.74. The van der Waals surface area contributed by atoms with Gasteiger partial charge in [0.25, 0.3) is 0 Å². The standard InChI is InChI=1S/C11H20BrN3O/c1-8(5-4-6-16)13-7-10-11(12)9(2)14-15(10)3/h8,13,16H,4-7H2,1-3H3. The van der Waals surface area contributed by atoms with Gasteiger partial charge in [0.1, 0.15) is 0 Å². The lowest BCUT2D eigenvalue weighted by molar-refractivity contribution is 0.276. The van der Waals surface area contributed by atoms with Gasteiger partial charge in [-0.05, 0) is 42.6 Å². The van der Waals surface area contributed by atoms with Gasteiger partial charge in [-0.15, -0.1) is 0 Å². The van der Waals surface area contributed by atoms with Crippen LogP contribution in [0.25, 0.3) is 0 Å². The first-order valence-corrected chi connectivity index (χ1v) is 6.37. The van der Waals surface area contributed by atoms with Crippen LogP contribution in [0.15, 0.2) is 4.47 Å². The van der Waals surface area contributed by atoms with Crippen LogP contribution < -0.4 is 5.32 Å². The highest BCUT2D eigenvalue weighted by molar-refractivity contribution is 9.10. The summed E-state index contributed by atoms with van der Waals surface area (Å²) < 4.78 is 2.97. The van der Waals surface area contributed by atoms with E-state index < -0.39 is 0 Å². The van der Waals surface area contributed by atoms with E-state index in [2.05, 4.69) is 33.3 Å². The molecule has 0 aliphatic heterocycles. The molecular weight excluding hydrogens is 270 g/mol. The van der Waals surface area contributed by atoms with Crippen molar-refractivity contribution in [2.45, 2.75) is 39.3 Å². The lowest BCUT2D eigenvalue weighted by Gasteiger charge is -2.13. The van der Waals surface area contributed by atoms with Crippen LogP contribution >= 0.6 is 15.9 Å². The van der Waals surface area contributed by atoms with Crippen molar-refractivity contribution in [3.63, 3.8) is 0 Å².